The van der Waals surface area contributed by atoms with E-state index in [1.165, 1.54) is 28.7 Å². The topological polar surface area (TPSA) is 51.4 Å². The van der Waals surface area contributed by atoms with Gasteiger partial charge in [-0.05, 0) is 37.6 Å². The maximum atomic E-state index is 11.7. The Kier molecular flexibility index (Phi) is 3.30. The molecule has 4 nitrogen and oxygen atoms in total. The van der Waals surface area contributed by atoms with Gasteiger partial charge in [-0.1, -0.05) is 35.1 Å². The number of nitrogens with zero attached hydrogens (tertiary/aromatic N) is 2. The minimum absolute atomic E-state index is 0.342. The number of sulfone groups is 1. The van der Waals surface area contributed by atoms with Crippen LogP contribution < -0.4 is 0 Å². The zero-order valence-electron chi connectivity index (χ0n) is 13.6. The first-order valence-corrected chi connectivity index (χ1v) is 10.2. The predicted molar refractivity (Wildman–Crippen MR) is 98.6 cm³/mol. The van der Waals surface area contributed by atoms with Crippen LogP contribution in [0.15, 0.2) is 47.5 Å². The average Bonchev–Trinajstić information content (AvgIpc) is 3.03. The third-order valence-corrected chi connectivity index (χ3v) is 6.28. The molecule has 0 bridgehead atoms. The molecule has 0 unspecified atom stereocenters. The van der Waals surface area contributed by atoms with E-state index in [1.807, 2.05) is 16.7 Å². The summed E-state index contributed by atoms with van der Waals surface area (Å²) in [4.78, 5) is 5.94. The first-order valence-electron chi connectivity index (χ1n) is 7.52. The van der Waals surface area contributed by atoms with Gasteiger partial charge in [-0.3, -0.25) is 4.40 Å². The Labute approximate surface area is 144 Å². The minimum atomic E-state index is -3.20. The SMILES string of the molecule is Cc1ccc(-c2cn3c(n2)sc2cc(S(C)(=O)=O)ccc23)c(C)c1. The lowest BCUT2D eigenvalue weighted by atomic mass is 10.0. The Balaban J connectivity index is 1.91. The highest BCUT2D eigenvalue weighted by atomic mass is 32.2. The first-order chi connectivity index (χ1) is 11.3. The van der Waals surface area contributed by atoms with Crippen molar-refractivity contribution in [3.63, 3.8) is 0 Å². The third kappa shape index (κ3) is 2.42. The maximum absolute atomic E-state index is 11.7. The number of benzene rings is 2. The molecule has 2 heterocycles. The Morgan fingerprint density at radius 2 is 1.88 bits per heavy atom. The van der Waals surface area contributed by atoms with E-state index in [2.05, 4.69) is 32.0 Å². The van der Waals surface area contributed by atoms with Crippen LogP contribution in [0, 0.1) is 13.8 Å². The summed E-state index contributed by atoms with van der Waals surface area (Å²) in [7, 11) is -3.20. The monoisotopic (exact) mass is 356 g/mol. The van der Waals surface area contributed by atoms with Crippen LogP contribution in [0.1, 0.15) is 11.1 Å². The number of fused-ring (bicyclic) bond motifs is 3. The number of aromatic nitrogens is 2. The lowest BCUT2D eigenvalue weighted by Gasteiger charge is -2.03. The van der Waals surface area contributed by atoms with Crippen molar-refractivity contribution >= 4 is 36.4 Å². The van der Waals surface area contributed by atoms with Crippen LogP contribution in [0.5, 0.6) is 0 Å². The van der Waals surface area contributed by atoms with Crippen molar-refractivity contribution in [1.82, 2.24) is 9.38 Å². The molecule has 0 spiro atoms. The van der Waals surface area contributed by atoms with Crippen LogP contribution in [0.3, 0.4) is 0 Å². The van der Waals surface area contributed by atoms with E-state index in [-0.39, 0.29) is 0 Å². The molecule has 0 atom stereocenters. The fourth-order valence-corrected chi connectivity index (χ4v) is 4.71. The number of hydrogen-bond donors (Lipinski definition) is 0. The molecule has 24 heavy (non-hydrogen) atoms. The molecule has 2 aromatic heterocycles. The van der Waals surface area contributed by atoms with Crippen LogP contribution in [-0.4, -0.2) is 24.1 Å². The highest BCUT2D eigenvalue weighted by Crippen LogP contribution is 2.32. The summed E-state index contributed by atoms with van der Waals surface area (Å²) in [6.45, 7) is 4.17. The van der Waals surface area contributed by atoms with E-state index in [0.717, 1.165) is 26.4 Å². The molecule has 0 amide bonds. The van der Waals surface area contributed by atoms with Gasteiger partial charge >= 0.3 is 0 Å². The summed E-state index contributed by atoms with van der Waals surface area (Å²) in [5, 5.41) is 0. The molecule has 0 saturated heterocycles. The predicted octanol–water partition coefficient (Wildman–Crippen LogP) is 4.24. The Morgan fingerprint density at radius 3 is 2.58 bits per heavy atom. The van der Waals surface area contributed by atoms with Crippen molar-refractivity contribution in [3.8, 4) is 11.3 Å². The molecule has 6 heteroatoms. The van der Waals surface area contributed by atoms with Gasteiger partial charge in [0.2, 0.25) is 0 Å². The molecule has 4 aromatic rings. The number of hydrogen-bond acceptors (Lipinski definition) is 4. The zero-order valence-corrected chi connectivity index (χ0v) is 15.2. The zero-order chi connectivity index (χ0) is 17.1. The average molecular weight is 356 g/mol. The van der Waals surface area contributed by atoms with Crippen LogP contribution in [0.25, 0.3) is 26.4 Å². The summed E-state index contributed by atoms with van der Waals surface area (Å²) in [5.74, 6) is 0. The lowest BCUT2D eigenvalue weighted by Crippen LogP contribution is -1.96. The van der Waals surface area contributed by atoms with Gasteiger partial charge in [-0.25, -0.2) is 13.4 Å². The van der Waals surface area contributed by atoms with Crippen molar-refractivity contribution in [2.24, 2.45) is 0 Å². The van der Waals surface area contributed by atoms with E-state index in [0.29, 0.717) is 4.90 Å². The lowest BCUT2D eigenvalue weighted by molar-refractivity contribution is 0.602. The fraction of sp³-hybridized carbons (Fsp3) is 0.167. The van der Waals surface area contributed by atoms with Gasteiger partial charge in [0.25, 0.3) is 0 Å². The van der Waals surface area contributed by atoms with E-state index >= 15 is 0 Å². The minimum Gasteiger partial charge on any atom is -0.290 e. The van der Waals surface area contributed by atoms with E-state index in [9.17, 15) is 8.42 Å². The van der Waals surface area contributed by atoms with Gasteiger partial charge < -0.3 is 0 Å². The second-order valence-electron chi connectivity index (χ2n) is 6.10. The number of imidazole rings is 1. The second-order valence-corrected chi connectivity index (χ2v) is 9.13. The molecule has 122 valence electrons. The van der Waals surface area contributed by atoms with Gasteiger partial charge in [0.05, 0.1) is 20.8 Å². The van der Waals surface area contributed by atoms with Gasteiger partial charge in [0, 0.05) is 18.0 Å². The molecular weight excluding hydrogens is 340 g/mol. The summed E-state index contributed by atoms with van der Waals surface area (Å²) in [6.07, 6.45) is 3.25. The second kappa shape index (κ2) is 5.16. The first kappa shape index (κ1) is 15.4. The highest BCUT2D eigenvalue weighted by molar-refractivity contribution is 7.90. The molecule has 0 saturated carbocycles. The quantitative estimate of drug-likeness (QED) is 0.540. The highest BCUT2D eigenvalue weighted by Gasteiger charge is 2.14. The molecule has 0 aliphatic rings. The molecule has 0 fully saturated rings. The molecule has 0 radical (unpaired) electrons. The molecular formula is C18H16N2O2S2. The molecule has 0 N–H and O–H groups in total. The standard InChI is InChI=1S/C18H16N2O2S2/c1-11-4-6-14(12(2)8-11)15-10-20-16-7-5-13(24(3,21)22)9-17(16)23-18(20)19-15/h4-10H,1-3H3. The number of thiazole rings is 1. The molecule has 0 aliphatic heterocycles. The van der Waals surface area contributed by atoms with Crippen molar-refractivity contribution in [2.45, 2.75) is 18.7 Å². The van der Waals surface area contributed by atoms with Gasteiger partial charge in [-0.2, -0.15) is 0 Å². The summed E-state index contributed by atoms with van der Waals surface area (Å²) >= 11 is 1.50. The van der Waals surface area contributed by atoms with Crippen molar-refractivity contribution in [2.75, 3.05) is 6.26 Å². The van der Waals surface area contributed by atoms with Crippen LogP contribution in [0.2, 0.25) is 0 Å². The Hall–Kier alpha value is -2.18. The van der Waals surface area contributed by atoms with Crippen LogP contribution in [-0.2, 0) is 9.84 Å². The molecule has 0 aliphatic carbocycles. The normalized spacial score (nSPS) is 12.3. The van der Waals surface area contributed by atoms with Crippen molar-refractivity contribution in [1.29, 1.82) is 0 Å². The van der Waals surface area contributed by atoms with E-state index in [4.69, 9.17) is 4.98 Å². The smallest absolute Gasteiger partial charge is 0.195 e. The molecule has 2 aromatic carbocycles. The van der Waals surface area contributed by atoms with Crippen LogP contribution in [0.4, 0.5) is 0 Å². The summed E-state index contributed by atoms with van der Waals surface area (Å²) in [5.41, 5.74) is 5.47. The maximum Gasteiger partial charge on any atom is 0.195 e. The molecule has 4 rings (SSSR count). The van der Waals surface area contributed by atoms with E-state index < -0.39 is 9.84 Å². The summed E-state index contributed by atoms with van der Waals surface area (Å²) < 4.78 is 26.4. The third-order valence-electron chi connectivity index (χ3n) is 4.15. The number of aryl methyl sites for hydroxylation is 2. The summed E-state index contributed by atoms with van der Waals surface area (Å²) in [6, 6.07) is 11.6. The van der Waals surface area contributed by atoms with Crippen molar-refractivity contribution in [3.05, 3.63) is 53.7 Å². The fourth-order valence-electron chi connectivity index (χ4n) is 2.94. The van der Waals surface area contributed by atoms with Gasteiger partial charge in [-0.15, -0.1) is 0 Å². The van der Waals surface area contributed by atoms with Crippen molar-refractivity contribution < 1.29 is 8.42 Å². The largest absolute Gasteiger partial charge is 0.290 e. The Bertz CT molecular complexity index is 1200. The van der Waals surface area contributed by atoms with E-state index in [1.54, 1.807) is 12.1 Å². The Morgan fingerprint density at radius 1 is 1.08 bits per heavy atom. The van der Waals surface area contributed by atoms with Gasteiger partial charge in [0.15, 0.2) is 14.8 Å². The van der Waals surface area contributed by atoms with Crippen LogP contribution >= 0.6 is 11.3 Å². The number of rotatable bonds is 2. The van der Waals surface area contributed by atoms with Gasteiger partial charge in [0.1, 0.15) is 0 Å².